The highest BCUT2D eigenvalue weighted by Gasteiger charge is 2.29. The second-order valence-corrected chi connectivity index (χ2v) is 9.27. The molecule has 0 aliphatic heterocycles. The Kier molecular flexibility index (Phi) is 8.68. The molecule has 34 heavy (non-hydrogen) atoms. The lowest BCUT2D eigenvalue weighted by molar-refractivity contribution is -0.142. The summed E-state index contributed by atoms with van der Waals surface area (Å²) in [5.74, 6) is -1.19. The molecular formula is C27H34N2O5. The van der Waals surface area contributed by atoms with Crippen molar-refractivity contribution in [3.8, 4) is 11.1 Å². The van der Waals surface area contributed by atoms with Gasteiger partial charge < -0.3 is 20.5 Å². The van der Waals surface area contributed by atoms with Gasteiger partial charge in [0.15, 0.2) is 0 Å². The average molecular weight is 467 g/mol. The number of ether oxygens (including phenoxy) is 1. The first kappa shape index (κ1) is 25.3. The van der Waals surface area contributed by atoms with E-state index >= 15 is 0 Å². The van der Waals surface area contributed by atoms with Crippen LogP contribution in [0.3, 0.4) is 0 Å². The van der Waals surface area contributed by atoms with Gasteiger partial charge in [-0.05, 0) is 46.9 Å². The smallest absolute Gasteiger partial charge is 0.407 e. The van der Waals surface area contributed by atoms with E-state index in [9.17, 15) is 14.4 Å². The molecule has 2 amide bonds. The van der Waals surface area contributed by atoms with Crippen LogP contribution in [0.4, 0.5) is 4.79 Å². The van der Waals surface area contributed by atoms with Gasteiger partial charge in [0, 0.05) is 18.9 Å². The monoisotopic (exact) mass is 466 g/mol. The zero-order valence-electron chi connectivity index (χ0n) is 20.0. The molecule has 0 spiro atoms. The molecule has 2 atom stereocenters. The molecule has 0 unspecified atom stereocenters. The Morgan fingerprint density at radius 1 is 1.00 bits per heavy atom. The molecular weight excluding hydrogens is 432 g/mol. The first-order chi connectivity index (χ1) is 16.3. The lowest BCUT2D eigenvalue weighted by Gasteiger charge is -2.21. The Bertz CT molecular complexity index is 974. The lowest BCUT2D eigenvalue weighted by Crippen LogP contribution is -2.42. The minimum atomic E-state index is -1.05. The second-order valence-electron chi connectivity index (χ2n) is 9.27. The molecule has 1 aliphatic carbocycles. The van der Waals surface area contributed by atoms with E-state index in [-0.39, 0.29) is 37.3 Å². The largest absolute Gasteiger partial charge is 0.480 e. The minimum Gasteiger partial charge on any atom is -0.480 e. The van der Waals surface area contributed by atoms with Gasteiger partial charge in [-0.15, -0.1) is 0 Å². The molecule has 2 aromatic carbocycles. The molecule has 7 nitrogen and oxygen atoms in total. The number of carbonyl (C=O) groups is 3. The number of carbonyl (C=O) groups excluding carboxylic acids is 2. The lowest BCUT2D eigenvalue weighted by atomic mass is 9.93. The fourth-order valence-corrected chi connectivity index (χ4v) is 4.64. The van der Waals surface area contributed by atoms with Crippen molar-refractivity contribution in [2.45, 2.75) is 52.0 Å². The van der Waals surface area contributed by atoms with Crippen molar-refractivity contribution in [2.75, 3.05) is 13.2 Å². The first-order valence-electron chi connectivity index (χ1n) is 11.9. The Morgan fingerprint density at radius 3 is 2.12 bits per heavy atom. The van der Waals surface area contributed by atoms with Crippen molar-refractivity contribution < 1.29 is 24.2 Å². The number of aliphatic carboxylic acids is 1. The highest BCUT2D eigenvalue weighted by atomic mass is 16.5. The van der Waals surface area contributed by atoms with Gasteiger partial charge in [-0.1, -0.05) is 69.3 Å². The Hall–Kier alpha value is -3.35. The molecule has 0 saturated carbocycles. The number of carboxylic acid groups (broad SMARTS) is 1. The summed E-state index contributed by atoms with van der Waals surface area (Å²) >= 11 is 0. The van der Waals surface area contributed by atoms with Crippen LogP contribution in [0.25, 0.3) is 11.1 Å². The summed E-state index contributed by atoms with van der Waals surface area (Å²) in [6.07, 6.45) is 0.661. The van der Waals surface area contributed by atoms with Gasteiger partial charge in [-0.25, -0.2) is 9.59 Å². The summed E-state index contributed by atoms with van der Waals surface area (Å²) in [5.41, 5.74) is 4.63. The van der Waals surface area contributed by atoms with Crippen molar-refractivity contribution in [2.24, 2.45) is 11.8 Å². The molecule has 0 radical (unpaired) electrons. The number of hydrogen-bond donors (Lipinski definition) is 3. The van der Waals surface area contributed by atoms with Crippen molar-refractivity contribution in [1.82, 2.24) is 10.6 Å². The predicted molar refractivity (Wildman–Crippen MR) is 130 cm³/mol. The number of carboxylic acids is 1. The van der Waals surface area contributed by atoms with E-state index in [1.165, 1.54) is 11.1 Å². The maximum Gasteiger partial charge on any atom is 0.407 e. The summed E-state index contributed by atoms with van der Waals surface area (Å²) in [6.45, 7) is 6.32. The van der Waals surface area contributed by atoms with Gasteiger partial charge in [0.25, 0.3) is 0 Å². The Morgan fingerprint density at radius 2 is 1.59 bits per heavy atom. The van der Waals surface area contributed by atoms with Gasteiger partial charge in [-0.2, -0.15) is 0 Å². The molecule has 0 bridgehead atoms. The van der Waals surface area contributed by atoms with E-state index in [1.807, 2.05) is 38.1 Å². The van der Waals surface area contributed by atoms with Gasteiger partial charge in [0.05, 0.1) is 0 Å². The summed E-state index contributed by atoms with van der Waals surface area (Å²) in [4.78, 5) is 36.1. The van der Waals surface area contributed by atoms with Crippen molar-refractivity contribution >= 4 is 18.0 Å². The van der Waals surface area contributed by atoms with Gasteiger partial charge >= 0.3 is 12.1 Å². The van der Waals surface area contributed by atoms with E-state index in [4.69, 9.17) is 9.84 Å². The van der Waals surface area contributed by atoms with E-state index in [0.717, 1.165) is 17.5 Å². The van der Waals surface area contributed by atoms with Gasteiger partial charge in [-0.3, -0.25) is 4.79 Å². The number of amides is 2. The molecule has 0 fully saturated rings. The van der Waals surface area contributed by atoms with Gasteiger partial charge in [0.1, 0.15) is 12.6 Å². The fraction of sp³-hybridized carbons (Fsp3) is 0.444. The summed E-state index contributed by atoms with van der Waals surface area (Å²) in [5, 5.41) is 14.5. The summed E-state index contributed by atoms with van der Waals surface area (Å²) < 4.78 is 5.59. The fourth-order valence-electron chi connectivity index (χ4n) is 4.64. The van der Waals surface area contributed by atoms with Crippen LogP contribution in [0.5, 0.6) is 0 Å². The van der Waals surface area contributed by atoms with Crippen LogP contribution in [0, 0.1) is 11.8 Å². The topological polar surface area (TPSA) is 105 Å². The third-order valence-electron chi connectivity index (χ3n) is 6.20. The SMILES string of the molecule is CC[C@@H](NC(=O)C[C@@H](CNC(=O)OCC1c2ccccc2-c2ccccc21)CC(C)C)C(=O)O. The van der Waals surface area contributed by atoms with E-state index in [1.54, 1.807) is 6.92 Å². The molecule has 3 rings (SSSR count). The molecule has 2 aromatic rings. The van der Waals surface area contributed by atoms with Crippen molar-refractivity contribution in [1.29, 1.82) is 0 Å². The molecule has 0 saturated heterocycles. The molecule has 182 valence electrons. The molecule has 0 heterocycles. The number of alkyl carbamates (subject to hydrolysis) is 1. The van der Waals surface area contributed by atoms with Crippen LogP contribution in [-0.4, -0.2) is 42.3 Å². The molecule has 1 aliphatic rings. The second kappa shape index (κ2) is 11.7. The van der Waals surface area contributed by atoms with E-state index in [2.05, 4.69) is 34.9 Å². The number of benzene rings is 2. The van der Waals surface area contributed by atoms with Crippen LogP contribution < -0.4 is 10.6 Å². The third kappa shape index (κ3) is 6.37. The standard InChI is InChI=1S/C27H34N2O5/c1-4-24(26(31)32)29-25(30)14-18(13-17(2)3)15-28-27(33)34-16-23-21-11-7-5-9-19(21)20-10-6-8-12-22(20)23/h5-12,17-18,23-24H,4,13-16H2,1-3H3,(H,28,33)(H,29,30)(H,31,32)/t18-,24+/m0/s1. The summed E-state index contributed by atoms with van der Waals surface area (Å²) in [7, 11) is 0. The average Bonchev–Trinajstić information content (AvgIpc) is 3.13. The van der Waals surface area contributed by atoms with Gasteiger partial charge in [0.2, 0.25) is 5.91 Å². The van der Waals surface area contributed by atoms with Crippen LogP contribution in [0.15, 0.2) is 48.5 Å². The molecule has 7 heteroatoms. The van der Waals surface area contributed by atoms with Crippen LogP contribution in [0.1, 0.15) is 57.1 Å². The van der Waals surface area contributed by atoms with Crippen molar-refractivity contribution in [3.63, 3.8) is 0 Å². The zero-order chi connectivity index (χ0) is 24.7. The molecule has 0 aromatic heterocycles. The normalized spacial score (nSPS) is 14.1. The van der Waals surface area contributed by atoms with Crippen LogP contribution >= 0.6 is 0 Å². The number of fused-ring (bicyclic) bond motifs is 3. The maximum absolute atomic E-state index is 12.5. The maximum atomic E-state index is 12.5. The highest BCUT2D eigenvalue weighted by Crippen LogP contribution is 2.44. The Labute approximate surface area is 200 Å². The molecule has 3 N–H and O–H groups in total. The number of rotatable bonds is 11. The summed E-state index contributed by atoms with van der Waals surface area (Å²) in [6, 6.07) is 15.4. The minimum absolute atomic E-state index is 0.0163. The Balaban J connectivity index is 1.55. The van der Waals surface area contributed by atoms with E-state index < -0.39 is 18.1 Å². The first-order valence-corrected chi connectivity index (χ1v) is 11.9. The van der Waals surface area contributed by atoms with Crippen LogP contribution in [-0.2, 0) is 14.3 Å². The zero-order valence-corrected chi connectivity index (χ0v) is 20.0. The highest BCUT2D eigenvalue weighted by molar-refractivity contribution is 5.83. The van der Waals surface area contributed by atoms with Crippen molar-refractivity contribution in [3.05, 3.63) is 59.7 Å². The van der Waals surface area contributed by atoms with Crippen LogP contribution in [0.2, 0.25) is 0 Å². The number of hydrogen-bond acceptors (Lipinski definition) is 4. The third-order valence-corrected chi connectivity index (χ3v) is 6.20. The number of nitrogens with one attached hydrogen (secondary N) is 2. The van der Waals surface area contributed by atoms with E-state index in [0.29, 0.717) is 12.3 Å². The predicted octanol–water partition coefficient (Wildman–Crippen LogP) is 4.56. The quantitative estimate of drug-likeness (QED) is 0.450.